The maximum Gasteiger partial charge on any atom is 0.337 e. The second-order valence-corrected chi connectivity index (χ2v) is 5.43. The largest absolute Gasteiger partial charge is 0.478 e. The molecule has 3 heterocycles. The van der Waals surface area contributed by atoms with Gasteiger partial charge in [-0.1, -0.05) is 23.2 Å². The third-order valence-electron chi connectivity index (χ3n) is 2.53. The van der Waals surface area contributed by atoms with Crippen molar-refractivity contribution in [1.82, 2.24) is 14.6 Å². The van der Waals surface area contributed by atoms with Gasteiger partial charge in [-0.2, -0.15) is 0 Å². The van der Waals surface area contributed by atoms with E-state index in [1.54, 1.807) is 6.07 Å². The molecule has 0 amide bonds. The van der Waals surface area contributed by atoms with E-state index in [-0.39, 0.29) is 10.6 Å². The summed E-state index contributed by atoms with van der Waals surface area (Å²) >= 11 is 13.5. The lowest BCUT2D eigenvalue weighted by Crippen LogP contribution is -2.00. The molecule has 0 aliphatic carbocycles. The molecule has 0 fully saturated rings. The Kier molecular flexibility index (Phi) is 2.93. The standard InChI is InChI=1S/C11H5Cl2N3O2S/c12-6-1-2-19-8(6)10-15-14-9-7(13)3-5(11(17)18)4-16(9)10/h1-4H,(H,17,18). The van der Waals surface area contributed by atoms with E-state index in [1.165, 1.54) is 28.0 Å². The number of aromatic nitrogens is 3. The van der Waals surface area contributed by atoms with Crippen molar-refractivity contribution in [2.75, 3.05) is 0 Å². The van der Waals surface area contributed by atoms with Gasteiger partial charge < -0.3 is 5.11 Å². The molecule has 19 heavy (non-hydrogen) atoms. The summed E-state index contributed by atoms with van der Waals surface area (Å²) in [6, 6.07) is 3.08. The van der Waals surface area contributed by atoms with Crippen molar-refractivity contribution in [2.45, 2.75) is 0 Å². The molecule has 0 radical (unpaired) electrons. The highest BCUT2D eigenvalue weighted by Crippen LogP contribution is 2.33. The first-order valence-electron chi connectivity index (χ1n) is 5.09. The molecule has 0 aliphatic rings. The number of fused-ring (bicyclic) bond motifs is 1. The molecule has 0 aromatic carbocycles. The van der Waals surface area contributed by atoms with E-state index in [1.807, 2.05) is 5.38 Å². The lowest BCUT2D eigenvalue weighted by molar-refractivity contribution is 0.0696. The maximum absolute atomic E-state index is 11.0. The molecule has 0 saturated heterocycles. The quantitative estimate of drug-likeness (QED) is 0.786. The van der Waals surface area contributed by atoms with Gasteiger partial charge in [0.25, 0.3) is 0 Å². The maximum atomic E-state index is 11.0. The Morgan fingerprint density at radius 2 is 2.11 bits per heavy atom. The summed E-state index contributed by atoms with van der Waals surface area (Å²) in [7, 11) is 0. The van der Waals surface area contributed by atoms with Crippen LogP contribution in [-0.2, 0) is 0 Å². The topological polar surface area (TPSA) is 67.5 Å². The van der Waals surface area contributed by atoms with Crippen LogP contribution in [0.4, 0.5) is 0 Å². The summed E-state index contributed by atoms with van der Waals surface area (Å²) in [5.74, 6) is -0.597. The highest BCUT2D eigenvalue weighted by molar-refractivity contribution is 7.14. The number of carboxylic acid groups (broad SMARTS) is 1. The van der Waals surface area contributed by atoms with Crippen molar-refractivity contribution in [2.24, 2.45) is 0 Å². The predicted octanol–water partition coefficient (Wildman–Crippen LogP) is 3.46. The zero-order valence-electron chi connectivity index (χ0n) is 9.17. The van der Waals surface area contributed by atoms with Crippen LogP contribution in [0.3, 0.4) is 0 Å². The summed E-state index contributed by atoms with van der Waals surface area (Å²) in [5, 5.41) is 19.6. The van der Waals surface area contributed by atoms with E-state index in [9.17, 15) is 4.79 Å². The van der Waals surface area contributed by atoms with Crippen LogP contribution < -0.4 is 0 Å². The van der Waals surface area contributed by atoms with Crippen molar-refractivity contribution in [1.29, 1.82) is 0 Å². The zero-order chi connectivity index (χ0) is 13.6. The van der Waals surface area contributed by atoms with Gasteiger partial charge in [0.1, 0.15) is 0 Å². The van der Waals surface area contributed by atoms with Gasteiger partial charge in [-0.25, -0.2) is 4.79 Å². The van der Waals surface area contributed by atoms with E-state index in [0.29, 0.717) is 21.4 Å². The van der Waals surface area contributed by atoms with Gasteiger partial charge in [0.2, 0.25) is 0 Å². The average molecular weight is 314 g/mol. The second kappa shape index (κ2) is 4.48. The number of thiophene rings is 1. The van der Waals surface area contributed by atoms with E-state index < -0.39 is 5.97 Å². The van der Waals surface area contributed by atoms with Gasteiger partial charge in [0.15, 0.2) is 11.5 Å². The van der Waals surface area contributed by atoms with Crippen LogP contribution in [0.1, 0.15) is 10.4 Å². The van der Waals surface area contributed by atoms with Gasteiger partial charge in [-0.05, 0) is 17.5 Å². The minimum Gasteiger partial charge on any atom is -0.478 e. The molecular formula is C11H5Cl2N3O2S. The molecule has 8 heteroatoms. The predicted molar refractivity (Wildman–Crippen MR) is 73.3 cm³/mol. The first kappa shape index (κ1) is 12.4. The van der Waals surface area contributed by atoms with Crippen LogP contribution in [0.5, 0.6) is 0 Å². The zero-order valence-corrected chi connectivity index (χ0v) is 11.5. The lowest BCUT2D eigenvalue weighted by Gasteiger charge is -2.01. The van der Waals surface area contributed by atoms with Gasteiger partial charge in [0.05, 0.1) is 20.5 Å². The number of nitrogens with zero attached hydrogens (tertiary/aromatic N) is 3. The normalized spacial score (nSPS) is 11.1. The van der Waals surface area contributed by atoms with E-state index in [0.717, 1.165) is 0 Å². The molecule has 0 unspecified atom stereocenters. The highest BCUT2D eigenvalue weighted by Gasteiger charge is 2.17. The van der Waals surface area contributed by atoms with Crippen LogP contribution in [0.15, 0.2) is 23.7 Å². The summed E-state index contributed by atoms with van der Waals surface area (Å²) in [4.78, 5) is 11.8. The van der Waals surface area contributed by atoms with Crippen molar-refractivity contribution in [3.63, 3.8) is 0 Å². The molecular weight excluding hydrogens is 309 g/mol. The lowest BCUT2D eigenvalue weighted by atomic mass is 10.3. The Balaban J connectivity index is 2.33. The number of carbonyl (C=O) groups is 1. The molecule has 3 aromatic heterocycles. The number of aromatic carboxylic acids is 1. The van der Waals surface area contributed by atoms with Crippen LogP contribution >= 0.6 is 34.5 Å². The first-order chi connectivity index (χ1) is 9.08. The number of hydrogen-bond acceptors (Lipinski definition) is 4. The summed E-state index contributed by atoms with van der Waals surface area (Å²) in [6.07, 6.45) is 1.43. The summed E-state index contributed by atoms with van der Waals surface area (Å²) < 4.78 is 1.53. The molecule has 0 atom stereocenters. The van der Waals surface area contributed by atoms with Crippen LogP contribution in [0, 0.1) is 0 Å². The average Bonchev–Trinajstić information content (AvgIpc) is 2.94. The fourth-order valence-corrected chi connectivity index (χ4v) is 3.05. The van der Waals surface area contributed by atoms with Crippen molar-refractivity contribution >= 4 is 46.2 Å². The number of rotatable bonds is 2. The second-order valence-electron chi connectivity index (χ2n) is 3.70. The van der Waals surface area contributed by atoms with Gasteiger partial charge >= 0.3 is 5.97 Å². The van der Waals surface area contributed by atoms with Crippen molar-refractivity contribution < 1.29 is 9.90 Å². The van der Waals surface area contributed by atoms with E-state index >= 15 is 0 Å². The smallest absolute Gasteiger partial charge is 0.337 e. The molecule has 5 nitrogen and oxygen atoms in total. The van der Waals surface area contributed by atoms with E-state index in [4.69, 9.17) is 28.3 Å². The van der Waals surface area contributed by atoms with Gasteiger partial charge in [-0.3, -0.25) is 4.40 Å². The minimum atomic E-state index is -1.07. The third-order valence-corrected chi connectivity index (χ3v) is 4.14. The Labute approximate surface area is 121 Å². The molecule has 3 rings (SSSR count). The van der Waals surface area contributed by atoms with Crippen LogP contribution in [0.25, 0.3) is 16.3 Å². The fourth-order valence-electron chi connectivity index (χ4n) is 1.68. The number of carboxylic acids is 1. The Hall–Kier alpha value is -1.63. The summed E-state index contributed by atoms with van der Waals surface area (Å²) in [5.41, 5.74) is 0.456. The third kappa shape index (κ3) is 1.98. The monoisotopic (exact) mass is 313 g/mol. The first-order valence-corrected chi connectivity index (χ1v) is 6.72. The van der Waals surface area contributed by atoms with Gasteiger partial charge in [0, 0.05) is 6.20 Å². The molecule has 0 bridgehead atoms. The Bertz CT molecular complexity index is 796. The molecule has 0 saturated carbocycles. The Morgan fingerprint density at radius 1 is 1.32 bits per heavy atom. The number of pyridine rings is 1. The van der Waals surface area contributed by atoms with Gasteiger partial charge in [-0.15, -0.1) is 21.5 Å². The molecule has 1 N–H and O–H groups in total. The van der Waals surface area contributed by atoms with Crippen molar-refractivity contribution in [3.8, 4) is 10.7 Å². The fraction of sp³-hybridized carbons (Fsp3) is 0. The van der Waals surface area contributed by atoms with Crippen molar-refractivity contribution in [3.05, 3.63) is 39.3 Å². The molecule has 0 spiro atoms. The molecule has 3 aromatic rings. The SMILES string of the molecule is O=C(O)c1cc(Cl)c2nnc(-c3sccc3Cl)n2c1. The number of hydrogen-bond donors (Lipinski definition) is 1. The highest BCUT2D eigenvalue weighted by atomic mass is 35.5. The Morgan fingerprint density at radius 3 is 2.74 bits per heavy atom. The number of halogens is 2. The minimum absolute atomic E-state index is 0.0613. The molecule has 0 aliphatic heterocycles. The summed E-state index contributed by atoms with van der Waals surface area (Å²) in [6.45, 7) is 0. The molecule has 96 valence electrons. The van der Waals surface area contributed by atoms with Crippen LogP contribution in [-0.4, -0.2) is 25.7 Å². The van der Waals surface area contributed by atoms with Crippen LogP contribution in [0.2, 0.25) is 10.0 Å². The van der Waals surface area contributed by atoms with E-state index in [2.05, 4.69) is 10.2 Å².